The topological polar surface area (TPSA) is 107 Å². The number of phenols is 2. The number of phenolic OH excluding ortho intramolecular Hbond substituents is 2. The molecular weight excluding hydrogens is 224 g/mol. The molecule has 1 rings (SSSR count). The van der Waals surface area contributed by atoms with E-state index >= 15 is 0 Å². The zero-order valence-electron chi connectivity index (χ0n) is 8.41. The van der Waals surface area contributed by atoms with Gasteiger partial charge in [0.25, 0.3) is 0 Å². The van der Waals surface area contributed by atoms with Crippen molar-refractivity contribution in [1.82, 2.24) is 0 Å². The Balaban J connectivity index is 3.41. The van der Waals surface area contributed by atoms with Gasteiger partial charge in [-0.05, 0) is 17.7 Å². The molecule has 0 fully saturated rings. The Hall–Kier alpha value is -2.99. The Bertz CT molecular complexity index is 575. The third kappa shape index (κ3) is 2.52. The summed E-state index contributed by atoms with van der Waals surface area (Å²) in [5, 5.41) is 37.6. The number of hydrogen-bond acceptors (Lipinski definition) is 5. The van der Waals surface area contributed by atoms with Gasteiger partial charge in [0.15, 0.2) is 5.75 Å². The van der Waals surface area contributed by atoms with Gasteiger partial charge < -0.3 is 10.2 Å². The van der Waals surface area contributed by atoms with E-state index < -0.39 is 22.1 Å². The van der Waals surface area contributed by atoms with E-state index in [1.807, 2.05) is 0 Å². The summed E-state index contributed by atoms with van der Waals surface area (Å²) in [5.74, 6) is 0.589. The van der Waals surface area contributed by atoms with Crippen molar-refractivity contribution in [3.63, 3.8) is 0 Å². The Morgan fingerprint density at radius 3 is 2.65 bits per heavy atom. The van der Waals surface area contributed by atoms with Crippen LogP contribution < -0.4 is 0 Å². The van der Waals surface area contributed by atoms with Crippen molar-refractivity contribution in [3.05, 3.63) is 33.4 Å². The quantitative estimate of drug-likeness (QED) is 0.263. The molecule has 17 heavy (non-hydrogen) atoms. The largest absolute Gasteiger partial charge is 0.504 e. The van der Waals surface area contributed by atoms with Crippen LogP contribution in [0, 0.1) is 33.8 Å². The van der Waals surface area contributed by atoms with Gasteiger partial charge in [0.2, 0.25) is 5.75 Å². The minimum atomic E-state index is -0.853. The van der Waals surface area contributed by atoms with Crippen LogP contribution in [0.3, 0.4) is 0 Å². The molecule has 6 heteroatoms. The van der Waals surface area contributed by atoms with Crippen LogP contribution in [-0.4, -0.2) is 15.1 Å². The van der Waals surface area contributed by atoms with Gasteiger partial charge in [-0.25, -0.2) is 0 Å². The molecule has 0 radical (unpaired) electrons. The summed E-state index contributed by atoms with van der Waals surface area (Å²) >= 11 is 0. The second-order valence-electron chi connectivity index (χ2n) is 2.98. The molecule has 0 heterocycles. The summed E-state index contributed by atoms with van der Waals surface area (Å²) in [6.45, 7) is 0. The Morgan fingerprint density at radius 2 is 2.18 bits per heavy atom. The first-order valence-electron chi connectivity index (χ1n) is 4.28. The number of hydrogen-bond donors (Lipinski definition) is 2. The number of nitro benzene ring substituents is 1. The van der Waals surface area contributed by atoms with Crippen molar-refractivity contribution < 1.29 is 15.1 Å². The normalized spacial score (nSPS) is 10.4. The SMILES string of the molecule is C#C/C(C#N)=C/c1cc(O)c(O)c([N+](=O)[O-])c1. The Kier molecular flexibility index (Phi) is 3.33. The second-order valence-corrected chi connectivity index (χ2v) is 2.98. The van der Waals surface area contributed by atoms with Crippen molar-refractivity contribution >= 4 is 11.8 Å². The average Bonchev–Trinajstić information content (AvgIpc) is 2.29. The van der Waals surface area contributed by atoms with E-state index in [4.69, 9.17) is 11.7 Å². The summed E-state index contributed by atoms with van der Waals surface area (Å²) in [6.07, 6.45) is 6.20. The van der Waals surface area contributed by atoms with Gasteiger partial charge in [-0.2, -0.15) is 5.26 Å². The molecule has 2 N–H and O–H groups in total. The van der Waals surface area contributed by atoms with Crippen molar-refractivity contribution in [2.24, 2.45) is 0 Å². The number of nitriles is 1. The number of nitrogens with zero attached hydrogens (tertiary/aromatic N) is 2. The van der Waals surface area contributed by atoms with Crippen LogP contribution in [0.25, 0.3) is 6.08 Å². The molecule has 0 saturated heterocycles. The minimum Gasteiger partial charge on any atom is -0.504 e. The molecule has 1 aromatic carbocycles. The van der Waals surface area contributed by atoms with Crippen molar-refractivity contribution in [1.29, 1.82) is 5.26 Å². The van der Waals surface area contributed by atoms with Crippen molar-refractivity contribution in [3.8, 4) is 29.9 Å². The van der Waals surface area contributed by atoms with Crippen LogP contribution in [0.2, 0.25) is 0 Å². The third-order valence-electron chi connectivity index (χ3n) is 1.88. The molecule has 0 saturated carbocycles. The number of nitro groups is 1. The molecule has 0 aliphatic rings. The maximum absolute atomic E-state index is 10.6. The van der Waals surface area contributed by atoms with E-state index in [-0.39, 0.29) is 11.1 Å². The van der Waals surface area contributed by atoms with Crippen LogP contribution in [0.5, 0.6) is 11.5 Å². The summed E-state index contributed by atoms with van der Waals surface area (Å²) in [5.41, 5.74) is -0.559. The molecule has 0 bridgehead atoms. The number of allylic oxidation sites excluding steroid dienone is 1. The van der Waals surface area contributed by atoms with Crippen LogP contribution >= 0.6 is 0 Å². The molecule has 1 aromatic rings. The Morgan fingerprint density at radius 1 is 1.53 bits per heavy atom. The monoisotopic (exact) mass is 230 g/mol. The zero-order chi connectivity index (χ0) is 13.0. The smallest absolute Gasteiger partial charge is 0.315 e. The van der Waals surface area contributed by atoms with Crippen LogP contribution in [0.4, 0.5) is 5.69 Å². The summed E-state index contributed by atoms with van der Waals surface area (Å²) < 4.78 is 0. The maximum atomic E-state index is 10.6. The molecule has 6 nitrogen and oxygen atoms in total. The van der Waals surface area contributed by atoms with E-state index in [1.54, 1.807) is 6.07 Å². The first-order valence-corrected chi connectivity index (χ1v) is 4.28. The van der Waals surface area contributed by atoms with E-state index in [1.165, 1.54) is 6.08 Å². The van der Waals surface area contributed by atoms with Crippen LogP contribution in [-0.2, 0) is 0 Å². The highest BCUT2D eigenvalue weighted by molar-refractivity contribution is 5.69. The lowest BCUT2D eigenvalue weighted by Crippen LogP contribution is -1.90. The highest BCUT2D eigenvalue weighted by Gasteiger charge is 2.18. The van der Waals surface area contributed by atoms with Gasteiger partial charge in [-0.15, -0.1) is 6.42 Å². The van der Waals surface area contributed by atoms with Gasteiger partial charge in [0.05, 0.1) is 4.92 Å². The van der Waals surface area contributed by atoms with Gasteiger partial charge >= 0.3 is 5.69 Å². The van der Waals surface area contributed by atoms with Gasteiger partial charge in [-0.3, -0.25) is 10.1 Å². The summed E-state index contributed by atoms with van der Waals surface area (Å²) in [7, 11) is 0. The standard InChI is InChI=1S/C11H6N2O4/c1-2-7(6-12)3-8-4-9(13(16)17)11(15)10(14)5-8/h1,3-5,14-15H/b7-3-. The predicted molar refractivity (Wildman–Crippen MR) is 58.8 cm³/mol. The number of rotatable bonds is 2. The number of terminal acetylenes is 1. The highest BCUT2D eigenvalue weighted by atomic mass is 16.6. The van der Waals surface area contributed by atoms with E-state index in [0.717, 1.165) is 12.1 Å². The Labute approximate surface area is 96.2 Å². The molecule has 0 amide bonds. The lowest BCUT2D eigenvalue weighted by molar-refractivity contribution is -0.386. The minimum absolute atomic E-state index is 0.0515. The lowest BCUT2D eigenvalue weighted by atomic mass is 10.1. The van der Waals surface area contributed by atoms with Crippen LogP contribution in [0.1, 0.15) is 5.56 Å². The molecule has 0 aliphatic carbocycles. The van der Waals surface area contributed by atoms with E-state index in [0.29, 0.717) is 0 Å². The van der Waals surface area contributed by atoms with E-state index in [9.17, 15) is 20.3 Å². The molecule has 0 aliphatic heterocycles. The fourth-order valence-corrected chi connectivity index (χ4v) is 1.12. The van der Waals surface area contributed by atoms with Gasteiger partial charge in [0, 0.05) is 6.07 Å². The molecular formula is C11H6N2O4. The third-order valence-corrected chi connectivity index (χ3v) is 1.88. The van der Waals surface area contributed by atoms with Gasteiger partial charge in [-0.1, -0.05) is 5.92 Å². The molecule has 84 valence electrons. The first-order chi connectivity index (χ1) is 7.99. The average molecular weight is 230 g/mol. The molecule has 0 aromatic heterocycles. The molecule has 0 spiro atoms. The van der Waals surface area contributed by atoms with Crippen molar-refractivity contribution in [2.45, 2.75) is 0 Å². The first kappa shape index (κ1) is 12.1. The second kappa shape index (κ2) is 4.69. The summed E-state index contributed by atoms with van der Waals surface area (Å²) in [4.78, 5) is 9.71. The fourth-order valence-electron chi connectivity index (χ4n) is 1.12. The van der Waals surface area contributed by atoms with Crippen LogP contribution in [0.15, 0.2) is 17.7 Å². The zero-order valence-corrected chi connectivity index (χ0v) is 8.41. The number of aromatic hydroxyl groups is 2. The van der Waals surface area contributed by atoms with Gasteiger partial charge in [0.1, 0.15) is 11.6 Å². The summed E-state index contributed by atoms with van der Waals surface area (Å²) in [6, 6.07) is 3.76. The number of benzene rings is 1. The maximum Gasteiger partial charge on any atom is 0.315 e. The lowest BCUT2D eigenvalue weighted by Gasteiger charge is -2.01. The molecule has 0 atom stereocenters. The van der Waals surface area contributed by atoms with E-state index in [2.05, 4.69) is 5.92 Å². The molecule has 0 unspecified atom stereocenters. The highest BCUT2D eigenvalue weighted by Crippen LogP contribution is 2.36. The fraction of sp³-hybridized carbons (Fsp3) is 0. The predicted octanol–water partition coefficient (Wildman–Crippen LogP) is 1.55. The van der Waals surface area contributed by atoms with Crippen molar-refractivity contribution in [2.75, 3.05) is 0 Å².